The van der Waals surface area contributed by atoms with Crippen molar-refractivity contribution in [2.45, 2.75) is 31.2 Å². The lowest BCUT2D eigenvalue weighted by molar-refractivity contribution is 0.103. The third kappa shape index (κ3) is 4.28. The second-order valence-corrected chi connectivity index (χ2v) is 8.23. The molecule has 0 aliphatic carbocycles. The van der Waals surface area contributed by atoms with Crippen molar-refractivity contribution < 1.29 is 4.79 Å². The van der Waals surface area contributed by atoms with Crippen molar-refractivity contribution in [2.24, 2.45) is 0 Å². The Morgan fingerprint density at radius 1 is 0.931 bits per heavy atom. The molecule has 4 aromatic rings. The summed E-state index contributed by atoms with van der Waals surface area (Å²) in [6.45, 7) is 2.99. The molecule has 2 aromatic carbocycles. The maximum absolute atomic E-state index is 13.2. The highest BCUT2D eigenvalue weighted by Crippen LogP contribution is 2.29. The second kappa shape index (κ2) is 9.10. The Hall–Kier alpha value is -2.85. The van der Waals surface area contributed by atoms with Crippen LogP contribution in [0.25, 0.3) is 10.9 Å². The number of thioether (sulfide) groups is 1. The maximum atomic E-state index is 13.2. The molecule has 0 aliphatic heterocycles. The normalized spacial score (nSPS) is 11.1. The van der Waals surface area contributed by atoms with Crippen LogP contribution in [0, 0.1) is 6.92 Å². The molecule has 0 saturated carbocycles. The lowest BCUT2D eigenvalue weighted by atomic mass is 10.0. The van der Waals surface area contributed by atoms with Gasteiger partial charge in [-0.2, -0.15) is 0 Å². The summed E-state index contributed by atoms with van der Waals surface area (Å²) in [5.41, 5.74) is 3.78. The summed E-state index contributed by atoms with van der Waals surface area (Å²) in [6, 6.07) is 21.9. The standard InChI is InChI=1S/C25H24N2OS/c1-19-24(25(28)20-9-3-2-4-10-20)22-11-5-6-12-23(22)27(19)17-7-8-18-29-21-13-15-26-16-14-21/h2-6,9-16H,7-8,17-18H2,1H3. The van der Waals surface area contributed by atoms with Gasteiger partial charge in [0.05, 0.1) is 5.56 Å². The summed E-state index contributed by atoms with van der Waals surface area (Å²) >= 11 is 1.87. The van der Waals surface area contributed by atoms with Crippen molar-refractivity contribution >= 4 is 28.4 Å². The SMILES string of the molecule is Cc1c(C(=O)c2ccccc2)c2ccccc2n1CCCCSc1ccncc1. The highest BCUT2D eigenvalue weighted by Gasteiger charge is 2.20. The van der Waals surface area contributed by atoms with Crippen LogP contribution < -0.4 is 0 Å². The van der Waals surface area contributed by atoms with E-state index >= 15 is 0 Å². The number of nitrogens with zero attached hydrogens (tertiary/aromatic N) is 2. The van der Waals surface area contributed by atoms with Crippen molar-refractivity contribution in [3.8, 4) is 0 Å². The van der Waals surface area contributed by atoms with E-state index in [4.69, 9.17) is 0 Å². The molecular weight excluding hydrogens is 376 g/mol. The maximum Gasteiger partial charge on any atom is 0.195 e. The largest absolute Gasteiger partial charge is 0.344 e. The molecule has 0 amide bonds. The van der Waals surface area contributed by atoms with E-state index in [-0.39, 0.29) is 5.78 Å². The number of pyridine rings is 1. The Kier molecular flexibility index (Phi) is 6.11. The quantitative estimate of drug-likeness (QED) is 0.202. The highest BCUT2D eigenvalue weighted by molar-refractivity contribution is 7.99. The number of carbonyl (C=O) groups is 1. The number of benzene rings is 2. The molecule has 0 fully saturated rings. The number of hydrogen-bond donors (Lipinski definition) is 0. The minimum absolute atomic E-state index is 0.103. The molecule has 2 heterocycles. The Labute approximate surface area is 175 Å². The number of rotatable bonds is 8. The third-order valence-corrected chi connectivity index (χ3v) is 6.29. The second-order valence-electron chi connectivity index (χ2n) is 7.06. The van der Waals surface area contributed by atoms with Crippen molar-refractivity contribution in [2.75, 3.05) is 5.75 Å². The molecule has 29 heavy (non-hydrogen) atoms. The van der Waals surface area contributed by atoms with Crippen molar-refractivity contribution in [1.82, 2.24) is 9.55 Å². The van der Waals surface area contributed by atoms with E-state index in [0.717, 1.165) is 52.9 Å². The summed E-state index contributed by atoms with van der Waals surface area (Å²) in [6.07, 6.45) is 5.88. The molecule has 0 bridgehead atoms. The van der Waals surface area contributed by atoms with E-state index in [2.05, 4.69) is 40.7 Å². The Bertz CT molecular complexity index is 1100. The molecule has 0 aliphatic rings. The van der Waals surface area contributed by atoms with Gasteiger partial charge < -0.3 is 4.57 Å². The first kappa shape index (κ1) is 19.5. The fraction of sp³-hybridized carbons (Fsp3) is 0.200. The lowest BCUT2D eigenvalue weighted by Gasteiger charge is -2.09. The zero-order chi connectivity index (χ0) is 20.1. The van der Waals surface area contributed by atoms with Gasteiger partial charge in [-0.05, 0) is 43.7 Å². The number of carbonyl (C=O) groups excluding carboxylic acids is 1. The highest BCUT2D eigenvalue weighted by atomic mass is 32.2. The summed E-state index contributed by atoms with van der Waals surface area (Å²) in [7, 11) is 0. The summed E-state index contributed by atoms with van der Waals surface area (Å²) in [5, 5.41) is 1.05. The predicted octanol–water partition coefficient (Wildman–Crippen LogP) is 6.15. The van der Waals surface area contributed by atoms with Gasteiger partial charge in [-0.25, -0.2) is 0 Å². The number of ketones is 1. The Balaban J connectivity index is 1.51. The minimum Gasteiger partial charge on any atom is -0.344 e. The minimum atomic E-state index is 0.103. The molecular formula is C25H24N2OS. The van der Waals surface area contributed by atoms with Crippen LogP contribution in [0.2, 0.25) is 0 Å². The van der Waals surface area contributed by atoms with Crippen LogP contribution in [-0.4, -0.2) is 21.1 Å². The zero-order valence-corrected chi connectivity index (χ0v) is 17.4. The topological polar surface area (TPSA) is 34.9 Å². The van der Waals surface area contributed by atoms with Crippen LogP contribution in [0.1, 0.15) is 34.5 Å². The molecule has 2 aromatic heterocycles. The molecule has 3 nitrogen and oxygen atoms in total. The molecule has 0 spiro atoms. The number of hydrogen-bond acceptors (Lipinski definition) is 3. The molecule has 4 rings (SSSR count). The lowest BCUT2D eigenvalue weighted by Crippen LogP contribution is -2.06. The number of fused-ring (bicyclic) bond motifs is 1. The van der Waals surface area contributed by atoms with Gasteiger partial charge in [-0.1, -0.05) is 48.5 Å². The molecule has 0 saturated heterocycles. The van der Waals surface area contributed by atoms with Gasteiger partial charge in [0.25, 0.3) is 0 Å². The van der Waals surface area contributed by atoms with Crippen molar-refractivity contribution in [1.29, 1.82) is 0 Å². The van der Waals surface area contributed by atoms with Gasteiger partial charge >= 0.3 is 0 Å². The number of aromatic nitrogens is 2. The Morgan fingerprint density at radius 2 is 1.66 bits per heavy atom. The van der Waals surface area contributed by atoms with Crippen LogP contribution in [-0.2, 0) is 6.54 Å². The van der Waals surface area contributed by atoms with Crippen LogP contribution in [0.5, 0.6) is 0 Å². The number of para-hydroxylation sites is 1. The average Bonchev–Trinajstić information content (AvgIpc) is 3.06. The average molecular weight is 401 g/mol. The fourth-order valence-electron chi connectivity index (χ4n) is 3.74. The summed E-state index contributed by atoms with van der Waals surface area (Å²) in [4.78, 5) is 18.5. The van der Waals surface area contributed by atoms with Gasteiger partial charge in [-0.15, -0.1) is 11.8 Å². The smallest absolute Gasteiger partial charge is 0.195 e. The molecule has 0 unspecified atom stereocenters. The predicted molar refractivity (Wildman–Crippen MR) is 121 cm³/mol. The first-order chi connectivity index (χ1) is 14.3. The first-order valence-electron chi connectivity index (χ1n) is 9.96. The van der Waals surface area contributed by atoms with Crippen molar-refractivity contribution in [3.05, 3.63) is 95.9 Å². The van der Waals surface area contributed by atoms with Crippen LogP contribution in [0.4, 0.5) is 0 Å². The summed E-state index contributed by atoms with van der Waals surface area (Å²) < 4.78 is 2.31. The molecule has 0 atom stereocenters. The van der Waals surface area contributed by atoms with E-state index in [1.807, 2.05) is 66.6 Å². The van der Waals surface area contributed by atoms with Gasteiger partial charge in [0.2, 0.25) is 0 Å². The monoisotopic (exact) mass is 400 g/mol. The van der Waals surface area contributed by atoms with Crippen LogP contribution >= 0.6 is 11.8 Å². The molecule has 0 N–H and O–H groups in total. The molecule has 146 valence electrons. The van der Waals surface area contributed by atoms with E-state index in [1.54, 1.807) is 0 Å². The van der Waals surface area contributed by atoms with Gasteiger partial charge in [0.1, 0.15) is 0 Å². The molecule has 4 heteroatoms. The first-order valence-corrected chi connectivity index (χ1v) is 10.9. The van der Waals surface area contributed by atoms with E-state index in [9.17, 15) is 4.79 Å². The Morgan fingerprint density at radius 3 is 2.45 bits per heavy atom. The summed E-state index contributed by atoms with van der Waals surface area (Å²) in [5.74, 6) is 1.18. The number of aryl methyl sites for hydroxylation is 1. The van der Waals surface area contributed by atoms with E-state index < -0.39 is 0 Å². The van der Waals surface area contributed by atoms with Gasteiger partial charge in [0, 0.05) is 46.0 Å². The molecule has 0 radical (unpaired) electrons. The van der Waals surface area contributed by atoms with E-state index in [0.29, 0.717) is 0 Å². The van der Waals surface area contributed by atoms with Crippen LogP contribution in [0.15, 0.2) is 84.0 Å². The third-order valence-electron chi connectivity index (χ3n) is 5.19. The zero-order valence-electron chi connectivity index (χ0n) is 16.5. The van der Waals surface area contributed by atoms with Gasteiger partial charge in [-0.3, -0.25) is 9.78 Å². The van der Waals surface area contributed by atoms with Crippen molar-refractivity contribution in [3.63, 3.8) is 0 Å². The number of unbranched alkanes of at least 4 members (excludes halogenated alkanes) is 1. The fourth-order valence-corrected chi connectivity index (χ4v) is 4.63. The van der Waals surface area contributed by atoms with Crippen LogP contribution in [0.3, 0.4) is 0 Å². The van der Waals surface area contributed by atoms with Gasteiger partial charge in [0.15, 0.2) is 5.78 Å². The van der Waals surface area contributed by atoms with E-state index in [1.165, 1.54) is 4.90 Å².